The number of fused-ring (bicyclic) bond motifs is 1. The molecule has 2 fully saturated rings. The lowest BCUT2D eigenvalue weighted by Crippen LogP contribution is -2.54. The van der Waals surface area contributed by atoms with Gasteiger partial charge in [-0.25, -0.2) is 4.79 Å². The molecule has 3 aromatic rings. The zero-order valence-electron chi connectivity index (χ0n) is 19.9. The Labute approximate surface area is 204 Å². The van der Waals surface area contributed by atoms with Crippen molar-refractivity contribution in [3.8, 4) is 22.8 Å². The molecule has 0 radical (unpaired) electrons. The minimum absolute atomic E-state index is 0.264. The minimum Gasteiger partial charge on any atom is -0.469 e. The maximum Gasteiger partial charge on any atom is 0.573 e. The van der Waals surface area contributed by atoms with Crippen LogP contribution in [-0.2, 0) is 9.47 Å². The molecule has 2 aliphatic rings. The number of nitrogens with zero attached hydrogens (tertiary/aromatic N) is 2. The Morgan fingerprint density at radius 3 is 2.53 bits per heavy atom. The normalized spacial score (nSPS) is 22.1. The van der Waals surface area contributed by atoms with Gasteiger partial charge in [-0.2, -0.15) is 0 Å². The van der Waals surface area contributed by atoms with Crippen LogP contribution in [0.1, 0.15) is 27.2 Å². The fourth-order valence-corrected chi connectivity index (χ4v) is 4.31. The van der Waals surface area contributed by atoms with Gasteiger partial charge in [-0.15, -0.1) is 13.2 Å². The number of hydrogen-bond acceptors (Lipinski definition) is 7. The van der Waals surface area contributed by atoms with Crippen LogP contribution in [-0.4, -0.2) is 59.5 Å². The first-order chi connectivity index (χ1) is 16.9. The van der Waals surface area contributed by atoms with Gasteiger partial charge in [0.2, 0.25) is 0 Å². The molecule has 1 unspecified atom stereocenters. The predicted octanol–water partition coefficient (Wildman–Crippen LogP) is 5.55. The quantitative estimate of drug-likeness (QED) is 0.459. The number of halogens is 3. The highest BCUT2D eigenvalue weighted by Crippen LogP contribution is 2.48. The maximum absolute atomic E-state index is 12.8. The number of hydrogen-bond donors (Lipinski definition) is 0. The molecular weight excluding hydrogens is 481 g/mol. The summed E-state index contributed by atoms with van der Waals surface area (Å²) in [6.45, 7) is 6.58. The Morgan fingerprint density at radius 1 is 1.11 bits per heavy atom. The van der Waals surface area contributed by atoms with E-state index in [1.54, 1.807) is 23.1 Å². The van der Waals surface area contributed by atoms with E-state index in [-0.39, 0.29) is 17.7 Å². The lowest BCUT2D eigenvalue weighted by Gasteiger charge is -2.37. The van der Waals surface area contributed by atoms with Crippen LogP contribution in [0.2, 0.25) is 0 Å². The van der Waals surface area contributed by atoms with E-state index in [1.807, 2.05) is 20.8 Å². The summed E-state index contributed by atoms with van der Waals surface area (Å²) < 4.78 is 64.1. The molecule has 1 spiro atoms. The van der Waals surface area contributed by atoms with Crippen molar-refractivity contribution in [3.63, 3.8) is 0 Å². The third-order valence-corrected chi connectivity index (χ3v) is 6.05. The molecule has 1 saturated carbocycles. The van der Waals surface area contributed by atoms with E-state index in [0.29, 0.717) is 42.7 Å². The summed E-state index contributed by atoms with van der Waals surface area (Å²) in [4.78, 5) is 14.5. The molecule has 2 heterocycles. The standard InChI is InChI=1S/C25H25F3N2O6/c1-23(2,3)35-22(31)30-10-11-32-14-24(30)13-20(24)33-21-18-12-16(6-9-19(18)36-29-21)15-4-7-17(8-5-15)34-25(26,27)28/h4-9,12,20H,10-11,13-14H2,1-3H3/t20-,24?/m1/s1. The van der Waals surface area contributed by atoms with Gasteiger partial charge >= 0.3 is 12.5 Å². The molecular formula is C25H25F3N2O6. The van der Waals surface area contributed by atoms with Gasteiger partial charge in [-0.1, -0.05) is 18.2 Å². The molecule has 1 aliphatic carbocycles. The topological polar surface area (TPSA) is 83.3 Å². The van der Waals surface area contributed by atoms with Crippen molar-refractivity contribution in [2.75, 3.05) is 19.8 Å². The number of rotatable bonds is 4. The molecule has 1 aliphatic heterocycles. The molecule has 11 heteroatoms. The predicted molar refractivity (Wildman–Crippen MR) is 122 cm³/mol. The summed E-state index contributed by atoms with van der Waals surface area (Å²) in [6.07, 6.45) is -4.97. The van der Waals surface area contributed by atoms with Gasteiger partial charge in [0.15, 0.2) is 5.58 Å². The average molecular weight is 506 g/mol. The van der Waals surface area contributed by atoms with Crippen LogP contribution in [0.15, 0.2) is 47.0 Å². The Balaban J connectivity index is 1.35. The second-order valence-corrected chi connectivity index (χ2v) is 9.87. The number of carbonyl (C=O) groups is 1. The largest absolute Gasteiger partial charge is 0.573 e. The van der Waals surface area contributed by atoms with Crippen LogP contribution < -0.4 is 9.47 Å². The summed E-state index contributed by atoms with van der Waals surface area (Å²) in [6, 6.07) is 10.8. The monoisotopic (exact) mass is 506 g/mol. The molecule has 1 saturated heterocycles. The fourth-order valence-electron chi connectivity index (χ4n) is 4.31. The van der Waals surface area contributed by atoms with Crippen molar-refractivity contribution in [3.05, 3.63) is 42.5 Å². The number of carbonyl (C=O) groups excluding carboxylic acids is 1. The van der Waals surface area contributed by atoms with Crippen LogP contribution >= 0.6 is 0 Å². The van der Waals surface area contributed by atoms with E-state index in [4.69, 9.17) is 18.7 Å². The molecule has 2 atom stereocenters. The first kappa shape index (κ1) is 24.2. The third-order valence-electron chi connectivity index (χ3n) is 6.05. The van der Waals surface area contributed by atoms with E-state index >= 15 is 0 Å². The third kappa shape index (κ3) is 4.92. The van der Waals surface area contributed by atoms with Crippen LogP contribution in [0.4, 0.5) is 18.0 Å². The molecule has 36 heavy (non-hydrogen) atoms. The van der Waals surface area contributed by atoms with Crippen molar-refractivity contribution in [1.82, 2.24) is 10.1 Å². The van der Waals surface area contributed by atoms with Gasteiger partial charge < -0.3 is 23.5 Å². The van der Waals surface area contributed by atoms with Gasteiger partial charge in [0.05, 0.1) is 18.6 Å². The first-order valence-electron chi connectivity index (χ1n) is 11.4. The highest BCUT2D eigenvalue weighted by molar-refractivity contribution is 5.87. The van der Waals surface area contributed by atoms with E-state index in [9.17, 15) is 18.0 Å². The molecule has 1 amide bonds. The number of aromatic nitrogens is 1. The molecule has 8 nitrogen and oxygen atoms in total. The molecule has 5 rings (SSSR count). The van der Waals surface area contributed by atoms with Crippen molar-refractivity contribution in [2.24, 2.45) is 0 Å². The number of amides is 1. The van der Waals surface area contributed by atoms with E-state index in [0.717, 1.165) is 5.56 Å². The van der Waals surface area contributed by atoms with E-state index in [2.05, 4.69) is 9.89 Å². The summed E-state index contributed by atoms with van der Waals surface area (Å²) in [5, 5.41) is 4.66. The Kier molecular flexibility index (Phi) is 5.77. The summed E-state index contributed by atoms with van der Waals surface area (Å²) in [7, 11) is 0. The second-order valence-electron chi connectivity index (χ2n) is 9.87. The second kappa shape index (κ2) is 8.58. The molecule has 0 N–H and O–H groups in total. The molecule has 2 aromatic carbocycles. The molecule has 1 aromatic heterocycles. The molecule has 192 valence electrons. The van der Waals surface area contributed by atoms with Gasteiger partial charge in [0.1, 0.15) is 23.0 Å². The first-order valence-corrected chi connectivity index (χ1v) is 11.4. The van der Waals surface area contributed by atoms with Crippen LogP contribution in [0, 0.1) is 0 Å². The van der Waals surface area contributed by atoms with Crippen molar-refractivity contribution < 1.29 is 41.4 Å². The Morgan fingerprint density at radius 2 is 1.83 bits per heavy atom. The van der Waals surface area contributed by atoms with Crippen molar-refractivity contribution >= 4 is 17.1 Å². The number of ether oxygens (including phenoxy) is 4. The van der Waals surface area contributed by atoms with Gasteiger partial charge in [-0.3, -0.25) is 4.90 Å². The van der Waals surface area contributed by atoms with E-state index in [1.165, 1.54) is 24.3 Å². The summed E-state index contributed by atoms with van der Waals surface area (Å²) in [5.41, 5.74) is 0.633. The molecule has 0 bridgehead atoms. The van der Waals surface area contributed by atoms with Crippen molar-refractivity contribution in [1.29, 1.82) is 0 Å². The highest BCUT2D eigenvalue weighted by atomic mass is 19.4. The SMILES string of the molecule is CC(C)(C)OC(=O)N1CCOCC12C[C@H]2Oc1noc2ccc(-c3ccc(OC(F)(F)F)cc3)cc12. The van der Waals surface area contributed by atoms with Gasteiger partial charge in [-0.05, 0) is 61.3 Å². The Hall–Kier alpha value is -3.47. The summed E-state index contributed by atoms with van der Waals surface area (Å²) in [5.74, 6) is -0.0370. The van der Waals surface area contributed by atoms with Crippen LogP contribution in [0.3, 0.4) is 0 Å². The number of morpholine rings is 1. The zero-order chi connectivity index (χ0) is 25.7. The Bertz CT molecular complexity index is 1270. The zero-order valence-corrected chi connectivity index (χ0v) is 19.9. The minimum atomic E-state index is -4.75. The number of benzene rings is 2. The maximum atomic E-state index is 12.8. The lowest BCUT2D eigenvalue weighted by atomic mass is 10.0. The van der Waals surface area contributed by atoms with Gasteiger partial charge in [0.25, 0.3) is 5.88 Å². The van der Waals surface area contributed by atoms with E-state index < -0.39 is 23.6 Å². The highest BCUT2D eigenvalue weighted by Gasteiger charge is 2.64. The number of alkyl halides is 3. The van der Waals surface area contributed by atoms with Crippen molar-refractivity contribution in [2.45, 2.75) is 50.8 Å². The smallest absolute Gasteiger partial charge is 0.469 e. The lowest BCUT2D eigenvalue weighted by molar-refractivity contribution is -0.274. The van der Waals surface area contributed by atoms with Crippen LogP contribution in [0.25, 0.3) is 22.1 Å². The van der Waals surface area contributed by atoms with Crippen LogP contribution in [0.5, 0.6) is 11.6 Å². The summed E-state index contributed by atoms with van der Waals surface area (Å²) >= 11 is 0. The van der Waals surface area contributed by atoms with Gasteiger partial charge in [0, 0.05) is 13.0 Å². The average Bonchev–Trinajstić information content (AvgIpc) is 3.29. The fraction of sp³-hybridized carbons (Fsp3) is 0.440.